The van der Waals surface area contributed by atoms with Crippen molar-refractivity contribution in [1.82, 2.24) is 4.98 Å². The number of pyridine rings is 1. The van der Waals surface area contributed by atoms with E-state index in [0.717, 1.165) is 22.4 Å². The Kier molecular flexibility index (Phi) is 11.7. The second kappa shape index (κ2) is 13.4. The smallest absolute Gasteiger partial charge is 0.390 e. The number of benzene rings is 1. The first kappa shape index (κ1) is 34.1. The van der Waals surface area contributed by atoms with Crippen molar-refractivity contribution in [3.05, 3.63) is 52.3 Å². The van der Waals surface area contributed by atoms with E-state index in [1.165, 1.54) is 0 Å². The molecule has 2 aromatic rings. The molecule has 0 atom stereocenters. The molecule has 8 nitrogen and oxygen atoms in total. The summed E-state index contributed by atoms with van der Waals surface area (Å²) in [6.07, 6.45) is 0.677. The molecule has 0 bridgehead atoms. The number of halogens is 1. The molecule has 0 spiro atoms. The van der Waals surface area contributed by atoms with Gasteiger partial charge in [-0.05, 0) is 78.9 Å². The number of aromatic nitrogens is 1. The summed E-state index contributed by atoms with van der Waals surface area (Å²) in [6, 6.07) is 7.72. The Balaban J connectivity index is 0.00000760. The van der Waals surface area contributed by atoms with Crippen LogP contribution in [0.25, 0.3) is 11.1 Å². The van der Waals surface area contributed by atoms with Crippen LogP contribution in [-0.4, -0.2) is 29.4 Å². The number of nitrogens with two attached hydrogens (primary N) is 1. The van der Waals surface area contributed by atoms with Crippen LogP contribution in [0.5, 0.6) is 0 Å². The number of carbonyl (C=O) groups is 3. The molecule has 0 saturated heterocycles. The molecule has 0 amide bonds. The van der Waals surface area contributed by atoms with Gasteiger partial charge in [-0.3, -0.25) is 14.6 Å². The number of hydrogen-bond donors (Lipinski definition) is 1. The van der Waals surface area contributed by atoms with Crippen LogP contribution in [0.4, 0.5) is 0 Å². The molecule has 0 unspecified atom stereocenters. The predicted octanol–water partition coefficient (Wildman–Crippen LogP) is 6.06. The fourth-order valence-corrected chi connectivity index (χ4v) is 3.61. The lowest BCUT2D eigenvalue weighted by Crippen LogP contribution is -2.37. The Hall–Kier alpha value is -2.97. The third-order valence-electron chi connectivity index (χ3n) is 5.75. The number of esters is 3. The molecule has 0 fully saturated rings. The Morgan fingerprint density at radius 2 is 1.36 bits per heavy atom. The molecular weight excluding hydrogens is 520 g/mol. The van der Waals surface area contributed by atoms with E-state index in [0.29, 0.717) is 23.6 Å². The molecule has 0 saturated carbocycles. The minimum atomic E-state index is -1.87. The molecule has 0 aliphatic heterocycles. The van der Waals surface area contributed by atoms with Gasteiger partial charge in [-0.15, -0.1) is 12.4 Å². The molecule has 1 aromatic heterocycles. The molecule has 1 heterocycles. The maximum Gasteiger partial charge on any atom is 0.413 e. The first-order valence-corrected chi connectivity index (χ1v) is 12.9. The van der Waals surface area contributed by atoms with Crippen LogP contribution in [0, 0.1) is 30.6 Å². The minimum absolute atomic E-state index is 0. The lowest BCUT2D eigenvalue weighted by molar-refractivity contribution is -0.254. The molecule has 9 heteroatoms. The number of hydrogen-bond acceptors (Lipinski definition) is 8. The fraction of sp³-hybridized carbons (Fsp3) is 0.533. The van der Waals surface area contributed by atoms with Crippen molar-refractivity contribution in [1.29, 1.82) is 0 Å². The van der Waals surface area contributed by atoms with Gasteiger partial charge in [-0.1, -0.05) is 43.7 Å². The second-order valence-corrected chi connectivity index (χ2v) is 12.0. The van der Waals surface area contributed by atoms with E-state index in [2.05, 4.69) is 13.8 Å². The molecule has 39 heavy (non-hydrogen) atoms. The summed E-state index contributed by atoms with van der Waals surface area (Å²) in [7, 11) is 0. The zero-order valence-corrected chi connectivity index (χ0v) is 25.6. The maximum absolute atomic E-state index is 13.7. The minimum Gasteiger partial charge on any atom is -0.390 e. The average Bonchev–Trinajstić information content (AvgIpc) is 2.77. The summed E-state index contributed by atoms with van der Waals surface area (Å²) in [5, 5.41) is 0. The number of aryl methyl sites for hydroxylation is 2. The summed E-state index contributed by atoms with van der Waals surface area (Å²) < 4.78 is 16.2. The van der Waals surface area contributed by atoms with Gasteiger partial charge in [0.05, 0.1) is 22.1 Å². The summed E-state index contributed by atoms with van der Waals surface area (Å²) in [5.74, 6) is -1.92. The summed E-state index contributed by atoms with van der Waals surface area (Å²) in [5.41, 5.74) is 8.94. The van der Waals surface area contributed by atoms with Gasteiger partial charge in [0.25, 0.3) is 0 Å². The molecule has 2 rings (SSSR count). The highest BCUT2D eigenvalue weighted by atomic mass is 35.5. The standard InChI is InChI=1S/C30H42N2O6.ClH/c1-17(2)15-22-21(16-31)24(20-13-11-18(3)12-14-20)23(19(4)32-22)25(33)36-28(37-26(34)29(5,6)7)38-27(35)30(8,9)10;/h11-14,17,28H,15-16,31H2,1-10H3;1H. The number of rotatable bonds is 8. The van der Waals surface area contributed by atoms with Gasteiger partial charge in [0.15, 0.2) is 0 Å². The largest absolute Gasteiger partial charge is 0.413 e. The molecule has 216 valence electrons. The van der Waals surface area contributed by atoms with Crippen LogP contribution in [0.3, 0.4) is 0 Å². The van der Waals surface area contributed by atoms with Gasteiger partial charge in [-0.25, -0.2) is 4.79 Å². The summed E-state index contributed by atoms with van der Waals surface area (Å²) in [4.78, 5) is 43.7. The Labute approximate surface area is 238 Å². The van der Waals surface area contributed by atoms with Gasteiger partial charge in [0.1, 0.15) is 0 Å². The van der Waals surface area contributed by atoms with Gasteiger partial charge in [0.2, 0.25) is 0 Å². The van der Waals surface area contributed by atoms with Crippen molar-refractivity contribution >= 4 is 30.3 Å². The summed E-state index contributed by atoms with van der Waals surface area (Å²) in [6.45, 7) is 16.0. The van der Waals surface area contributed by atoms with Crippen LogP contribution in [-0.2, 0) is 36.8 Å². The van der Waals surface area contributed by atoms with E-state index < -0.39 is 35.2 Å². The van der Waals surface area contributed by atoms with E-state index in [-0.39, 0.29) is 24.5 Å². The molecule has 1 aromatic carbocycles. The Morgan fingerprint density at radius 1 is 0.872 bits per heavy atom. The first-order chi connectivity index (χ1) is 17.4. The Bertz CT molecular complexity index is 1150. The zero-order chi connectivity index (χ0) is 29.0. The molecule has 0 aliphatic rings. The third kappa shape index (κ3) is 9.04. The zero-order valence-electron chi connectivity index (χ0n) is 24.8. The van der Waals surface area contributed by atoms with Gasteiger partial charge >= 0.3 is 24.4 Å². The highest BCUT2D eigenvalue weighted by Gasteiger charge is 2.35. The van der Waals surface area contributed by atoms with E-state index in [9.17, 15) is 14.4 Å². The van der Waals surface area contributed by atoms with Crippen molar-refractivity contribution in [3.8, 4) is 11.1 Å². The molecule has 0 radical (unpaired) electrons. The summed E-state index contributed by atoms with van der Waals surface area (Å²) >= 11 is 0. The van der Waals surface area contributed by atoms with Gasteiger partial charge in [-0.2, -0.15) is 0 Å². The number of carbonyl (C=O) groups excluding carboxylic acids is 3. The molecule has 0 aliphatic carbocycles. The van der Waals surface area contributed by atoms with Crippen LogP contribution in [0.2, 0.25) is 0 Å². The van der Waals surface area contributed by atoms with E-state index in [1.807, 2.05) is 31.2 Å². The van der Waals surface area contributed by atoms with Crippen LogP contribution in [0.15, 0.2) is 24.3 Å². The van der Waals surface area contributed by atoms with Crippen LogP contribution in [0.1, 0.15) is 88.3 Å². The van der Waals surface area contributed by atoms with Crippen molar-refractivity contribution in [2.45, 2.75) is 88.7 Å². The number of nitrogens with zero attached hydrogens (tertiary/aromatic N) is 1. The molecule has 2 N–H and O–H groups in total. The third-order valence-corrected chi connectivity index (χ3v) is 5.75. The van der Waals surface area contributed by atoms with Crippen molar-refractivity contribution < 1.29 is 28.6 Å². The lowest BCUT2D eigenvalue weighted by atomic mass is 9.90. The quantitative estimate of drug-likeness (QED) is 0.304. The highest BCUT2D eigenvalue weighted by molar-refractivity contribution is 5.99. The van der Waals surface area contributed by atoms with Crippen LogP contribution < -0.4 is 5.73 Å². The van der Waals surface area contributed by atoms with E-state index in [1.54, 1.807) is 48.5 Å². The van der Waals surface area contributed by atoms with Gasteiger partial charge in [0, 0.05) is 17.8 Å². The number of ether oxygens (including phenoxy) is 3. The predicted molar refractivity (Wildman–Crippen MR) is 153 cm³/mol. The van der Waals surface area contributed by atoms with Crippen molar-refractivity contribution in [2.24, 2.45) is 22.5 Å². The topological polar surface area (TPSA) is 118 Å². The van der Waals surface area contributed by atoms with E-state index in [4.69, 9.17) is 24.9 Å². The lowest BCUT2D eigenvalue weighted by Gasteiger charge is -2.26. The van der Waals surface area contributed by atoms with Crippen LogP contribution >= 0.6 is 12.4 Å². The second-order valence-electron chi connectivity index (χ2n) is 12.0. The van der Waals surface area contributed by atoms with Crippen molar-refractivity contribution in [2.75, 3.05) is 0 Å². The first-order valence-electron chi connectivity index (χ1n) is 12.9. The average molecular weight is 563 g/mol. The molecular formula is C30H43ClN2O6. The van der Waals surface area contributed by atoms with Gasteiger partial charge < -0.3 is 19.9 Å². The Morgan fingerprint density at radius 3 is 1.77 bits per heavy atom. The van der Waals surface area contributed by atoms with Crippen molar-refractivity contribution in [3.63, 3.8) is 0 Å². The SMILES string of the molecule is Cc1ccc(-c2c(CN)c(CC(C)C)nc(C)c2C(=O)OC(OC(=O)C(C)(C)C)OC(=O)C(C)(C)C)cc1.Cl. The monoisotopic (exact) mass is 562 g/mol. The highest BCUT2D eigenvalue weighted by Crippen LogP contribution is 2.33. The maximum atomic E-state index is 13.7. The van der Waals surface area contributed by atoms with E-state index >= 15 is 0 Å². The fourth-order valence-electron chi connectivity index (χ4n) is 3.61. The normalized spacial score (nSPS) is 11.7.